The first-order valence-electron chi connectivity index (χ1n) is 5.31. The summed E-state index contributed by atoms with van der Waals surface area (Å²) in [4.78, 5) is 33.0. The van der Waals surface area contributed by atoms with Crippen LogP contribution in [0, 0.1) is 0 Å². The first kappa shape index (κ1) is 13.7. The van der Waals surface area contributed by atoms with Crippen molar-refractivity contribution in [3.63, 3.8) is 0 Å². The summed E-state index contributed by atoms with van der Waals surface area (Å²) >= 11 is 0. The third-order valence-electron chi connectivity index (χ3n) is 1.99. The van der Waals surface area contributed by atoms with Gasteiger partial charge < -0.3 is 14.8 Å². The molecule has 6 nitrogen and oxygen atoms in total. The van der Waals surface area contributed by atoms with E-state index in [1.54, 1.807) is 25.1 Å². The summed E-state index contributed by atoms with van der Waals surface area (Å²) in [7, 11) is 0. The van der Waals surface area contributed by atoms with E-state index in [0.29, 0.717) is 12.1 Å². The molecule has 96 valence electrons. The third-order valence-corrected chi connectivity index (χ3v) is 1.99. The number of carbonyl (C=O) groups is 3. The van der Waals surface area contributed by atoms with Crippen LogP contribution in [0.1, 0.15) is 17.3 Å². The summed E-state index contributed by atoms with van der Waals surface area (Å²) in [6.45, 7) is 1.42. The summed E-state index contributed by atoms with van der Waals surface area (Å²) in [6, 6.07) is 6.32. The number of hydrogen-bond acceptors (Lipinski definition) is 5. The molecule has 1 aromatic carbocycles. The van der Waals surface area contributed by atoms with Crippen molar-refractivity contribution >= 4 is 24.0 Å². The highest BCUT2D eigenvalue weighted by Gasteiger charge is 2.14. The second-order valence-electron chi connectivity index (χ2n) is 3.19. The Bertz CT molecular complexity index is 444. The predicted octanol–water partition coefficient (Wildman–Crippen LogP) is 0.975. The minimum absolute atomic E-state index is 0.175. The Kier molecular flexibility index (Phi) is 5.37. The summed E-state index contributed by atoms with van der Waals surface area (Å²) in [5, 5.41) is 2.37. The molecule has 0 saturated heterocycles. The maximum Gasteiger partial charge on any atom is 0.344 e. The van der Waals surface area contributed by atoms with E-state index in [2.05, 4.69) is 10.1 Å². The Hall–Kier alpha value is -2.37. The van der Waals surface area contributed by atoms with Crippen LogP contribution < -0.4 is 5.32 Å². The van der Waals surface area contributed by atoms with Crippen LogP contribution in [0.5, 0.6) is 0 Å². The number of ether oxygens (including phenoxy) is 2. The van der Waals surface area contributed by atoms with Gasteiger partial charge in [-0.3, -0.25) is 4.79 Å². The van der Waals surface area contributed by atoms with Crippen LogP contribution >= 0.6 is 0 Å². The molecule has 0 radical (unpaired) electrons. The zero-order chi connectivity index (χ0) is 13.4. The van der Waals surface area contributed by atoms with E-state index in [4.69, 9.17) is 4.74 Å². The smallest absolute Gasteiger partial charge is 0.344 e. The topological polar surface area (TPSA) is 81.7 Å². The molecule has 0 saturated carbocycles. The fraction of sp³-hybridized carbons (Fsp3) is 0.250. The van der Waals surface area contributed by atoms with E-state index in [9.17, 15) is 14.4 Å². The van der Waals surface area contributed by atoms with E-state index in [-0.39, 0.29) is 12.2 Å². The molecule has 0 fully saturated rings. The average Bonchev–Trinajstić information content (AvgIpc) is 2.37. The van der Waals surface area contributed by atoms with Gasteiger partial charge in [-0.05, 0) is 19.1 Å². The van der Waals surface area contributed by atoms with Crippen molar-refractivity contribution < 1.29 is 23.9 Å². The molecule has 0 bridgehead atoms. The molecule has 6 heteroatoms. The van der Waals surface area contributed by atoms with E-state index < -0.39 is 18.5 Å². The number of esters is 2. The fourth-order valence-corrected chi connectivity index (χ4v) is 1.26. The number of rotatable bonds is 6. The molecule has 0 aliphatic rings. The lowest BCUT2D eigenvalue weighted by atomic mass is 10.2. The van der Waals surface area contributed by atoms with Gasteiger partial charge in [-0.25, -0.2) is 9.59 Å². The number of benzene rings is 1. The monoisotopic (exact) mass is 251 g/mol. The molecule has 1 aromatic rings. The van der Waals surface area contributed by atoms with Crippen molar-refractivity contribution in [1.82, 2.24) is 0 Å². The second-order valence-corrected chi connectivity index (χ2v) is 3.19. The summed E-state index contributed by atoms with van der Waals surface area (Å²) < 4.78 is 9.38. The minimum Gasteiger partial charge on any atom is -0.463 e. The van der Waals surface area contributed by atoms with E-state index >= 15 is 0 Å². The van der Waals surface area contributed by atoms with Crippen LogP contribution in [0.2, 0.25) is 0 Å². The van der Waals surface area contributed by atoms with Gasteiger partial charge in [0, 0.05) is 0 Å². The molecule has 0 spiro atoms. The molecule has 18 heavy (non-hydrogen) atoms. The first-order chi connectivity index (χ1) is 8.69. The van der Waals surface area contributed by atoms with E-state index in [1.165, 1.54) is 6.07 Å². The van der Waals surface area contributed by atoms with Crippen LogP contribution in [0.15, 0.2) is 24.3 Å². The number of carbonyl (C=O) groups excluding carboxylic acids is 3. The largest absolute Gasteiger partial charge is 0.463 e. The summed E-state index contributed by atoms with van der Waals surface area (Å²) in [5.41, 5.74) is 0.496. The van der Waals surface area contributed by atoms with Crippen molar-refractivity contribution in [3.05, 3.63) is 29.8 Å². The zero-order valence-electron chi connectivity index (χ0n) is 9.84. The highest BCUT2D eigenvalue weighted by molar-refractivity contribution is 5.98. The molecular formula is C12H13NO5. The zero-order valence-corrected chi connectivity index (χ0v) is 9.84. The van der Waals surface area contributed by atoms with Crippen molar-refractivity contribution in [2.45, 2.75) is 6.92 Å². The molecule has 0 aliphatic heterocycles. The Morgan fingerprint density at radius 2 is 2.00 bits per heavy atom. The molecule has 0 atom stereocenters. The maximum atomic E-state index is 11.7. The summed E-state index contributed by atoms with van der Waals surface area (Å²) in [6.07, 6.45) is 0.456. The highest BCUT2D eigenvalue weighted by Crippen LogP contribution is 2.15. The molecular weight excluding hydrogens is 238 g/mol. The van der Waals surface area contributed by atoms with Crippen molar-refractivity contribution in [2.24, 2.45) is 0 Å². The number of anilines is 1. The van der Waals surface area contributed by atoms with Gasteiger partial charge in [0.05, 0.1) is 17.9 Å². The molecule has 0 aromatic heterocycles. The van der Waals surface area contributed by atoms with Crippen molar-refractivity contribution in [3.8, 4) is 0 Å². The van der Waals surface area contributed by atoms with Gasteiger partial charge in [-0.1, -0.05) is 12.1 Å². The van der Waals surface area contributed by atoms with Crippen LogP contribution in [0.3, 0.4) is 0 Å². The Morgan fingerprint density at radius 3 is 2.67 bits per heavy atom. The molecule has 1 N–H and O–H groups in total. The van der Waals surface area contributed by atoms with E-state index in [0.717, 1.165) is 0 Å². The normalized spacial score (nSPS) is 9.39. The predicted molar refractivity (Wildman–Crippen MR) is 63.0 cm³/mol. The Labute approximate surface area is 104 Å². The quantitative estimate of drug-likeness (QED) is 0.602. The lowest BCUT2D eigenvalue weighted by Gasteiger charge is -2.08. The minimum atomic E-state index is -0.701. The third kappa shape index (κ3) is 3.89. The highest BCUT2D eigenvalue weighted by atomic mass is 16.6. The summed E-state index contributed by atoms with van der Waals surface area (Å²) in [5.74, 6) is -1.32. The molecule has 0 unspecified atom stereocenters. The van der Waals surface area contributed by atoms with Crippen LogP contribution in [0.4, 0.5) is 5.69 Å². The number of amides is 1. The standard InChI is InChI=1S/C12H13NO5/c1-2-17-11(15)7-18-12(16)9-5-3-4-6-10(9)13-8-14/h3-6,8H,2,7H2,1H3,(H,13,14). The molecule has 1 rings (SSSR count). The van der Waals surface area contributed by atoms with Crippen molar-refractivity contribution in [2.75, 3.05) is 18.5 Å². The van der Waals surface area contributed by atoms with Crippen molar-refractivity contribution in [1.29, 1.82) is 0 Å². The van der Waals surface area contributed by atoms with Crippen LogP contribution in [-0.2, 0) is 19.1 Å². The Balaban J connectivity index is 2.66. The van der Waals surface area contributed by atoms with Gasteiger partial charge in [0.15, 0.2) is 6.61 Å². The number of nitrogens with one attached hydrogen (secondary N) is 1. The SMILES string of the molecule is CCOC(=O)COC(=O)c1ccccc1NC=O. The second kappa shape index (κ2) is 7.05. The van der Waals surface area contributed by atoms with Gasteiger partial charge in [0.25, 0.3) is 0 Å². The lowest BCUT2D eigenvalue weighted by molar-refractivity contribution is -0.146. The Morgan fingerprint density at radius 1 is 1.28 bits per heavy atom. The van der Waals surface area contributed by atoms with Crippen LogP contribution in [-0.4, -0.2) is 31.6 Å². The van der Waals surface area contributed by atoms with Crippen LogP contribution in [0.25, 0.3) is 0 Å². The van der Waals surface area contributed by atoms with Gasteiger partial charge in [-0.2, -0.15) is 0 Å². The molecule has 0 aliphatic carbocycles. The van der Waals surface area contributed by atoms with Gasteiger partial charge in [-0.15, -0.1) is 0 Å². The molecule has 1 amide bonds. The average molecular weight is 251 g/mol. The van der Waals surface area contributed by atoms with Gasteiger partial charge in [0.2, 0.25) is 6.41 Å². The molecule has 0 heterocycles. The van der Waals surface area contributed by atoms with Gasteiger partial charge in [0.1, 0.15) is 0 Å². The fourth-order valence-electron chi connectivity index (χ4n) is 1.26. The maximum absolute atomic E-state index is 11.7. The number of hydrogen-bond donors (Lipinski definition) is 1. The van der Waals surface area contributed by atoms with E-state index in [1.807, 2.05) is 0 Å². The lowest BCUT2D eigenvalue weighted by Crippen LogP contribution is -2.17. The number of para-hydroxylation sites is 1. The first-order valence-corrected chi connectivity index (χ1v) is 5.31. The van der Waals surface area contributed by atoms with Gasteiger partial charge >= 0.3 is 11.9 Å².